The maximum atomic E-state index is 4.73. The van der Waals surface area contributed by atoms with Crippen LogP contribution in [0.25, 0.3) is 0 Å². The fourth-order valence-corrected chi connectivity index (χ4v) is 2.91. The van der Waals surface area contributed by atoms with E-state index in [2.05, 4.69) is 67.5 Å². The number of nitrogens with one attached hydrogen (secondary N) is 1. The van der Waals surface area contributed by atoms with Crippen LogP contribution < -0.4 is 10.2 Å². The largest absolute Gasteiger partial charge is 0.370 e. The summed E-state index contributed by atoms with van der Waals surface area (Å²) in [7, 11) is 2.09. The van der Waals surface area contributed by atoms with Crippen molar-refractivity contribution < 1.29 is 0 Å². The number of thiophene rings is 1. The summed E-state index contributed by atoms with van der Waals surface area (Å²) in [6, 6.07) is 6.59. The highest BCUT2D eigenvalue weighted by atomic mass is 32.1. The highest BCUT2D eigenvalue weighted by Crippen LogP contribution is 2.28. The Hall–Kier alpha value is -1.62. The quantitative estimate of drug-likeness (QED) is 0.864. The van der Waals surface area contributed by atoms with E-state index in [1.807, 2.05) is 6.07 Å². The van der Waals surface area contributed by atoms with Gasteiger partial charge in [0.1, 0.15) is 17.5 Å². The summed E-state index contributed by atoms with van der Waals surface area (Å²) in [6.45, 7) is 9.39. The topological polar surface area (TPSA) is 41.0 Å². The van der Waals surface area contributed by atoms with E-state index >= 15 is 0 Å². The van der Waals surface area contributed by atoms with E-state index in [1.54, 1.807) is 11.3 Å². The first kappa shape index (κ1) is 15.8. The van der Waals surface area contributed by atoms with Gasteiger partial charge >= 0.3 is 0 Å². The van der Waals surface area contributed by atoms with Gasteiger partial charge in [0.2, 0.25) is 0 Å². The Labute approximate surface area is 131 Å². The zero-order chi connectivity index (χ0) is 15.4. The predicted molar refractivity (Wildman–Crippen MR) is 91.4 cm³/mol. The summed E-state index contributed by atoms with van der Waals surface area (Å²) in [5.41, 5.74) is 0. The number of aromatic nitrogens is 2. The van der Waals surface area contributed by atoms with Gasteiger partial charge < -0.3 is 10.2 Å². The molecule has 0 saturated heterocycles. The molecule has 5 heteroatoms. The fraction of sp³-hybridized carbons (Fsp3) is 0.500. The molecule has 0 radical (unpaired) electrons. The van der Waals surface area contributed by atoms with Crippen LogP contribution >= 0.6 is 11.3 Å². The molecule has 0 aliphatic rings. The Kier molecular flexibility index (Phi) is 5.17. The van der Waals surface area contributed by atoms with Crippen molar-refractivity contribution in [2.24, 2.45) is 0 Å². The molecule has 2 aromatic rings. The van der Waals surface area contributed by atoms with E-state index in [0.29, 0.717) is 12.0 Å². The van der Waals surface area contributed by atoms with E-state index in [9.17, 15) is 0 Å². The second-order valence-electron chi connectivity index (χ2n) is 5.46. The number of anilines is 2. The molecule has 0 saturated carbocycles. The van der Waals surface area contributed by atoms with Crippen molar-refractivity contribution in [3.63, 3.8) is 0 Å². The molecule has 4 nitrogen and oxygen atoms in total. The Morgan fingerprint density at radius 1 is 1.29 bits per heavy atom. The normalized spacial score (nSPS) is 12.5. The minimum absolute atomic E-state index is 0.300. The molecule has 1 atom stereocenters. The summed E-state index contributed by atoms with van der Waals surface area (Å²) < 4.78 is 0. The van der Waals surface area contributed by atoms with Crippen molar-refractivity contribution in [1.82, 2.24) is 9.97 Å². The molecule has 0 spiro atoms. The van der Waals surface area contributed by atoms with Crippen molar-refractivity contribution >= 4 is 23.0 Å². The standard InChI is InChI=1S/C16H24N4S/c1-6-17-14-10-15(19-16(18-14)11(2)3)20(5)12(4)13-8-7-9-21-13/h7-12H,6H2,1-5H3,(H,17,18,19). The molecule has 0 aliphatic carbocycles. The van der Waals surface area contributed by atoms with Gasteiger partial charge in [0.05, 0.1) is 6.04 Å². The van der Waals surface area contributed by atoms with E-state index in [0.717, 1.165) is 24.0 Å². The van der Waals surface area contributed by atoms with Gasteiger partial charge in [0.25, 0.3) is 0 Å². The molecule has 21 heavy (non-hydrogen) atoms. The minimum Gasteiger partial charge on any atom is -0.370 e. The number of hydrogen-bond donors (Lipinski definition) is 1. The Morgan fingerprint density at radius 2 is 2.05 bits per heavy atom. The molecule has 2 rings (SSSR count). The van der Waals surface area contributed by atoms with Gasteiger partial charge in [-0.15, -0.1) is 11.3 Å². The van der Waals surface area contributed by atoms with Crippen molar-refractivity contribution in [3.8, 4) is 0 Å². The molecule has 2 heterocycles. The summed E-state index contributed by atoms with van der Waals surface area (Å²) in [5.74, 6) is 3.06. The zero-order valence-corrected chi connectivity index (χ0v) is 14.2. The lowest BCUT2D eigenvalue weighted by molar-refractivity contribution is 0.718. The highest BCUT2D eigenvalue weighted by molar-refractivity contribution is 7.10. The lowest BCUT2D eigenvalue weighted by Crippen LogP contribution is -2.23. The van der Waals surface area contributed by atoms with Crippen LogP contribution in [-0.2, 0) is 0 Å². The lowest BCUT2D eigenvalue weighted by atomic mass is 10.2. The zero-order valence-electron chi connectivity index (χ0n) is 13.4. The van der Waals surface area contributed by atoms with Crippen molar-refractivity contribution in [2.45, 2.75) is 39.7 Å². The van der Waals surface area contributed by atoms with Crippen LogP contribution in [0.2, 0.25) is 0 Å². The van der Waals surface area contributed by atoms with Crippen LogP contribution in [-0.4, -0.2) is 23.6 Å². The van der Waals surface area contributed by atoms with Crippen molar-refractivity contribution in [2.75, 3.05) is 23.8 Å². The van der Waals surface area contributed by atoms with Crippen LogP contribution in [0, 0.1) is 0 Å². The lowest BCUT2D eigenvalue weighted by Gasteiger charge is -2.26. The SMILES string of the molecule is CCNc1cc(N(C)C(C)c2cccs2)nc(C(C)C)n1. The summed E-state index contributed by atoms with van der Waals surface area (Å²) in [5, 5.41) is 5.41. The maximum Gasteiger partial charge on any atom is 0.135 e. The van der Waals surface area contributed by atoms with Crippen LogP contribution in [0.15, 0.2) is 23.6 Å². The van der Waals surface area contributed by atoms with Crippen LogP contribution in [0.1, 0.15) is 50.4 Å². The highest BCUT2D eigenvalue weighted by Gasteiger charge is 2.17. The summed E-state index contributed by atoms with van der Waals surface area (Å²) in [4.78, 5) is 12.9. The van der Waals surface area contributed by atoms with Gasteiger partial charge in [0, 0.05) is 30.5 Å². The van der Waals surface area contributed by atoms with Gasteiger partial charge in [-0.25, -0.2) is 9.97 Å². The molecule has 0 fully saturated rings. The van der Waals surface area contributed by atoms with Gasteiger partial charge in [-0.1, -0.05) is 19.9 Å². The molecular weight excluding hydrogens is 280 g/mol. The third kappa shape index (κ3) is 3.73. The van der Waals surface area contributed by atoms with E-state index in [1.165, 1.54) is 4.88 Å². The van der Waals surface area contributed by atoms with Crippen molar-refractivity contribution in [1.29, 1.82) is 0 Å². The molecule has 0 bridgehead atoms. The first-order valence-corrected chi connectivity index (χ1v) is 8.30. The fourth-order valence-electron chi connectivity index (χ4n) is 2.08. The van der Waals surface area contributed by atoms with E-state index in [-0.39, 0.29) is 0 Å². The molecule has 0 aromatic carbocycles. The average molecular weight is 304 g/mol. The van der Waals surface area contributed by atoms with Gasteiger partial charge in [-0.3, -0.25) is 0 Å². The first-order chi connectivity index (χ1) is 10.0. The van der Waals surface area contributed by atoms with Crippen LogP contribution in [0.3, 0.4) is 0 Å². The molecular formula is C16H24N4S. The van der Waals surface area contributed by atoms with Crippen molar-refractivity contribution in [3.05, 3.63) is 34.3 Å². The van der Waals surface area contributed by atoms with E-state index in [4.69, 9.17) is 4.98 Å². The Bertz CT molecular complexity index is 566. The predicted octanol–water partition coefficient (Wildman–Crippen LogP) is 4.29. The minimum atomic E-state index is 0.300. The van der Waals surface area contributed by atoms with E-state index < -0.39 is 0 Å². The number of nitrogens with zero attached hydrogens (tertiary/aromatic N) is 3. The van der Waals surface area contributed by atoms with Crippen LogP contribution in [0.5, 0.6) is 0 Å². The third-order valence-corrected chi connectivity index (χ3v) is 4.54. The molecule has 1 N–H and O–H groups in total. The van der Waals surface area contributed by atoms with Gasteiger partial charge in [-0.05, 0) is 25.3 Å². The number of rotatable bonds is 6. The maximum absolute atomic E-state index is 4.73. The third-order valence-electron chi connectivity index (χ3n) is 3.50. The average Bonchev–Trinajstić information content (AvgIpc) is 2.99. The molecule has 0 aliphatic heterocycles. The smallest absolute Gasteiger partial charge is 0.135 e. The summed E-state index contributed by atoms with van der Waals surface area (Å²) >= 11 is 1.78. The molecule has 0 amide bonds. The Morgan fingerprint density at radius 3 is 2.62 bits per heavy atom. The second-order valence-corrected chi connectivity index (χ2v) is 6.44. The Balaban J connectivity index is 2.32. The second kappa shape index (κ2) is 6.89. The molecule has 1 unspecified atom stereocenters. The van der Waals surface area contributed by atoms with Crippen LogP contribution in [0.4, 0.5) is 11.6 Å². The van der Waals surface area contributed by atoms with Gasteiger partial charge in [0.15, 0.2) is 0 Å². The first-order valence-electron chi connectivity index (χ1n) is 7.42. The molecule has 114 valence electrons. The van der Waals surface area contributed by atoms with Gasteiger partial charge in [-0.2, -0.15) is 0 Å². The molecule has 2 aromatic heterocycles. The number of hydrogen-bond acceptors (Lipinski definition) is 5. The monoisotopic (exact) mass is 304 g/mol. The summed E-state index contributed by atoms with van der Waals surface area (Å²) in [6.07, 6.45) is 0.